The van der Waals surface area contributed by atoms with Gasteiger partial charge >= 0.3 is 0 Å². The number of hydrogen-bond donors (Lipinski definition) is 1. The first-order chi connectivity index (χ1) is 12.7. The lowest BCUT2D eigenvalue weighted by molar-refractivity contribution is -0.134. The fourth-order valence-corrected chi connectivity index (χ4v) is 4.48. The number of nitrogens with zero attached hydrogens (tertiary/aromatic N) is 2. The average molecular weight is 430 g/mol. The number of para-hydroxylation sites is 1. The molecule has 0 bridgehead atoms. The topological polar surface area (TPSA) is 58.8 Å². The van der Waals surface area contributed by atoms with Gasteiger partial charge in [-0.2, -0.15) is 0 Å². The van der Waals surface area contributed by atoms with Crippen molar-refractivity contribution in [3.8, 4) is 5.75 Å². The van der Waals surface area contributed by atoms with Gasteiger partial charge in [-0.25, -0.2) is 0 Å². The molecule has 2 heterocycles. The van der Waals surface area contributed by atoms with Crippen molar-refractivity contribution in [2.45, 2.75) is 44.7 Å². The maximum atomic E-state index is 12.4. The van der Waals surface area contributed by atoms with Gasteiger partial charge in [0, 0.05) is 44.3 Å². The summed E-state index contributed by atoms with van der Waals surface area (Å²) in [6.07, 6.45) is 6.15. The molecule has 2 saturated heterocycles. The van der Waals surface area contributed by atoms with Crippen LogP contribution in [-0.2, 0) is 11.3 Å². The second kappa shape index (κ2) is 10.7. The number of likely N-dealkylation sites (tertiary alicyclic amines) is 2. The molecule has 0 spiro atoms. The van der Waals surface area contributed by atoms with Gasteiger partial charge in [-0.15, -0.1) is 24.8 Å². The van der Waals surface area contributed by atoms with Crippen LogP contribution in [0.2, 0.25) is 0 Å². The number of hydrogen-bond acceptors (Lipinski definition) is 4. The quantitative estimate of drug-likeness (QED) is 0.754. The summed E-state index contributed by atoms with van der Waals surface area (Å²) in [6, 6.07) is 8.41. The Kier molecular flexibility index (Phi) is 8.87. The van der Waals surface area contributed by atoms with E-state index in [0.717, 1.165) is 62.8 Å². The number of piperidine rings is 1. The standard InChI is InChI=1S/C21H31N3O2.2ClH/c22-19-14-23(13-18(19)16-8-9-16)12-17-6-2-3-7-20(17)26-15-21(25)24-10-4-1-5-11-24;;/h2-3,6-7,16,18-19H,1,4-5,8-15,22H2;2*1H/t18-,19+;;/m1../s1. The Hall–Kier alpha value is -1.01. The maximum Gasteiger partial charge on any atom is 0.260 e. The van der Waals surface area contributed by atoms with Crippen LogP contribution in [0.15, 0.2) is 24.3 Å². The van der Waals surface area contributed by atoms with E-state index in [0.29, 0.717) is 12.0 Å². The first kappa shape index (κ1) is 23.3. The molecule has 158 valence electrons. The van der Waals surface area contributed by atoms with Crippen molar-refractivity contribution in [2.75, 3.05) is 32.8 Å². The van der Waals surface area contributed by atoms with Gasteiger partial charge in [0.15, 0.2) is 6.61 Å². The number of rotatable bonds is 6. The van der Waals surface area contributed by atoms with Gasteiger partial charge in [-0.1, -0.05) is 18.2 Å². The molecule has 3 aliphatic rings. The van der Waals surface area contributed by atoms with Gasteiger partial charge in [-0.05, 0) is 50.0 Å². The molecule has 7 heteroatoms. The zero-order valence-electron chi connectivity index (χ0n) is 16.4. The van der Waals surface area contributed by atoms with Crippen molar-refractivity contribution in [3.63, 3.8) is 0 Å². The van der Waals surface area contributed by atoms with Crippen LogP contribution in [0.25, 0.3) is 0 Å². The number of ether oxygens (including phenoxy) is 1. The van der Waals surface area contributed by atoms with Gasteiger partial charge in [0.2, 0.25) is 0 Å². The summed E-state index contributed by atoms with van der Waals surface area (Å²) in [7, 11) is 0. The predicted molar refractivity (Wildman–Crippen MR) is 116 cm³/mol. The van der Waals surface area contributed by atoms with Gasteiger partial charge < -0.3 is 15.4 Å². The van der Waals surface area contributed by atoms with E-state index < -0.39 is 0 Å². The molecular weight excluding hydrogens is 397 g/mol. The minimum atomic E-state index is 0. The van der Waals surface area contributed by atoms with Crippen LogP contribution in [0.4, 0.5) is 0 Å². The van der Waals surface area contributed by atoms with E-state index in [9.17, 15) is 4.79 Å². The molecule has 0 unspecified atom stereocenters. The number of amides is 1. The minimum absolute atomic E-state index is 0. The molecule has 2 atom stereocenters. The van der Waals surface area contributed by atoms with E-state index in [-0.39, 0.29) is 37.3 Å². The summed E-state index contributed by atoms with van der Waals surface area (Å²) in [5.41, 5.74) is 7.52. The molecule has 2 N–H and O–H groups in total. The lowest BCUT2D eigenvalue weighted by Crippen LogP contribution is -2.38. The minimum Gasteiger partial charge on any atom is -0.483 e. The monoisotopic (exact) mass is 429 g/mol. The summed E-state index contributed by atoms with van der Waals surface area (Å²) < 4.78 is 5.93. The van der Waals surface area contributed by atoms with Crippen LogP contribution in [0.1, 0.15) is 37.7 Å². The maximum absolute atomic E-state index is 12.4. The largest absolute Gasteiger partial charge is 0.483 e. The van der Waals surface area contributed by atoms with E-state index in [4.69, 9.17) is 10.5 Å². The van der Waals surface area contributed by atoms with Gasteiger partial charge in [-0.3, -0.25) is 9.69 Å². The zero-order valence-corrected chi connectivity index (χ0v) is 18.1. The van der Waals surface area contributed by atoms with Crippen molar-refractivity contribution in [2.24, 2.45) is 17.6 Å². The van der Waals surface area contributed by atoms with Crippen LogP contribution in [0.5, 0.6) is 5.75 Å². The highest BCUT2D eigenvalue weighted by Gasteiger charge is 2.40. The predicted octanol–water partition coefficient (Wildman–Crippen LogP) is 3.09. The highest BCUT2D eigenvalue weighted by molar-refractivity contribution is 5.85. The van der Waals surface area contributed by atoms with Crippen LogP contribution < -0.4 is 10.5 Å². The van der Waals surface area contributed by atoms with Crippen LogP contribution in [0, 0.1) is 11.8 Å². The summed E-state index contributed by atoms with van der Waals surface area (Å²) in [6.45, 7) is 4.79. The van der Waals surface area contributed by atoms with Crippen LogP contribution in [-0.4, -0.2) is 54.5 Å². The SMILES string of the molecule is Cl.Cl.N[C@H]1CN(Cc2ccccc2OCC(=O)N2CCCCC2)C[C@@H]1C1CC1. The second-order valence-corrected chi connectivity index (χ2v) is 8.20. The number of carbonyl (C=O) groups is 1. The van der Waals surface area contributed by atoms with Gasteiger partial charge in [0.25, 0.3) is 5.91 Å². The van der Waals surface area contributed by atoms with Crippen LogP contribution >= 0.6 is 24.8 Å². The Morgan fingerprint density at radius 1 is 1.07 bits per heavy atom. The Bertz CT molecular complexity index is 636. The van der Waals surface area contributed by atoms with Gasteiger partial charge in [0.05, 0.1) is 0 Å². The third-order valence-corrected chi connectivity index (χ3v) is 6.14. The average Bonchev–Trinajstić information content (AvgIpc) is 3.45. The van der Waals surface area contributed by atoms with Crippen molar-refractivity contribution < 1.29 is 9.53 Å². The third kappa shape index (κ3) is 5.76. The van der Waals surface area contributed by atoms with E-state index in [1.165, 1.54) is 19.3 Å². The first-order valence-electron chi connectivity index (χ1n) is 10.2. The lowest BCUT2D eigenvalue weighted by atomic mass is 9.99. The molecule has 3 fully saturated rings. The van der Waals surface area contributed by atoms with Gasteiger partial charge in [0.1, 0.15) is 5.75 Å². The number of nitrogens with two attached hydrogens (primary N) is 1. The first-order valence-corrected chi connectivity index (χ1v) is 10.2. The van der Waals surface area contributed by atoms with Crippen molar-refractivity contribution in [1.82, 2.24) is 9.80 Å². The Morgan fingerprint density at radius 2 is 1.79 bits per heavy atom. The summed E-state index contributed by atoms with van der Waals surface area (Å²) in [5.74, 6) is 2.45. The lowest BCUT2D eigenvalue weighted by Gasteiger charge is -2.27. The molecule has 2 aliphatic heterocycles. The van der Waals surface area contributed by atoms with E-state index in [1.807, 2.05) is 23.1 Å². The Morgan fingerprint density at radius 3 is 2.50 bits per heavy atom. The number of halogens is 2. The highest BCUT2D eigenvalue weighted by atomic mass is 35.5. The normalized spacial score (nSPS) is 25.0. The van der Waals surface area contributed by atoms with E-state index in [2.05, 4.69) is 11.0 Å². The highest BCUT2D eigenvalue weighted by Crippen LogP contribution is 2.41. The smallest absolute Gasteiger partial charge is 0.260 e. The summed E-state index contributed by atoms with van der Waals surface area (Å²) in [4.78, 5) is 16.8. The number of benzene rings is 1. The van der Waals surface area contributed by atoms with Crippen molar-refractivity contribution in [1.29, 1.82) is 0 Å². The fourth-order valence-electron chi connectivity index (χ4n) is 4.48. The molecule has 0 aromatic heterocycles. The molecule has 1 aromatic carbocycles. The molecule has 1 amide bonds. The molecular formula is C21H33Cl2N3O2. The second-order valence-electron chi connectivity index (χ2n) is 8.20. The van der Waals surface area contributed by atoms with Crippen LogP contribution in [0.3, 0.4) is 0 Å². The fraction of sp³-hybridized carbons (Fsp3) is 0.667. The van der Waals surface area contributed by atoms with E-state index in [1.54, 1.807) is 0 Å². The van der Waals surface area contributed by atoms with Crippen molar-refractivity contribution in [3.05, 3.63) is 29.8 Å². The summed E-state index contributed by atoms with van der Waals surface area (Å²) >= 11 is 0. The Balaban J connectivity index is 0.00000140. The Labute approximate surface area is 180 Å². The molecule has 1 aromatic rings. The molecule has 5 nitrogen and oxygen atoms in total. The molecule has 0 radical (unpaired) electrons. The zero-order chi connectivity index (χ0) is 17.9. The molecule has 1 saturated carbocycles. The van der Waals surface area contributed by atoms with Crippen molar-refractivity contribution >= 4 is 30.7 Å². The molecule has 28 heavy (non-hydrogen) atoms. The van der Waals surface area contributed by atoms with E-state index >= 15 is 0 Å². The molecule has 4 rings (SSSR count). The third-order valence-electron chi connectivity index (χ3n) is 6.14. The number of carbonyl (C=O) groups excluding carboxylic acids is 1. The molecule has 1 aliphatic carbocycles. The summed E-state index contributed by atoms with van der Waals surface area (Å²) in [5, 5.41) is 0.